The third-order valence-corrected chi connectivity index (χ3v) is 4.81. The second-order valence-electron chi connectivity index (χ2n) is 7.03. The van der Waals surface area contributed by atoms with Crippen molar-refractivity contribution in [3.8, 4) is 0 Å². The number of urea groups is 1. The number of carbonyl (C=O) groups excluding carboxylic acids is 3. The molecule has 9 nitrogen and oxygen atoms in total. The monoisotopic (exact) mass is 398 g/mol. The average Bonchev–Trinajstić information content (AvgIpc) is 3.16. The van der Waals surface area contributed by atoms with Crippen molar-refractivity contribution in [3.63, 3.8) is 0 Å². The van der Waals surface area contributed by atoms with Gasteiger partial charge in [-0.3, -0.25) is 14.3 Å². The van der Waals surface area contributed by atoms with Gasteiger partial charge in [-0.25, -0.2) is 4.79 Å². The van der Waals surface area contributed by atoms with Gasteiger partial charge in [0, 0.05) is 51.0 Å². The molecule has 0 aliphatic carbocycles. The Balaban J connectivity index is 1.33. The number of nitrogens with one attached hydrogen (secondary N) is 3. The molecule has 1 fully saturated rings. The van der Waals surface area contributed by atoms with Crippen LogP contribution in [0.2, 0.25) is 0 Å². The molecule has 0 spiro atoms. The number of aryl methyl sites for hydroxylation is 1. The van der Waals surface area contributed by atoms with Crippen LogP contribution >= 0.6 is 0 Å². The number of hydrogen-bond acceptors (Lipinski definition) is 4. The van der Waals surface area contributed by atoms with Crippen LogP contribution in [0.4, 0.5) is 10.5 Å². The number of anilines is 1. The molecule has 0 saturated carbocycles. The van der Waals surface area contributed by atoms with E-state index in [1.54, 1.807) is 35.0 Å². The summed E-state index contributed by atoms with van der Waals surface area (Å²) in [6, 6.07) is 8.84. The van der Waals surface area contributed by atoms with Crippen LogP contribution in [-0.2, 0) is 11.8 Å². The predicted octanol–water partition coefficient (Wildman–Crippen LogP) is 1.35. The van der Waals surface area contributed by atoms with E-state index in [2.05, 4.69) is 21.0 Å². The van der Waals surface area contributed by atoms with E-state index in [0.29, 0.717) is 37.2 Å². The minimum absolute atomic E-state index is 0.00190. The molecule has 0 atom stereocenters. The first-order chi connectivity index (χ1) is 14.0. The van der Waals surface area contributed by atoms with Crippen molar-refractivity contribution in [1.82, 2.24) is 25.3 Å². The van der Waals surface area contributed by atoms with Crippen LogP contribution in [-0.4, -0.2) is 58.2 Å². The molecule has 3 rings (SSSR count). The van der Waals surface area contributed by atoms with Gasteiger partial charge in [0.15, 0.2) is 0 Å². The van der Waals surface area contributed by atoms with Gasteiger partial charge in [-0.1, -0.05) is 18.2 Å². The summed E-state index contributed by atoms with van der Waals surface area (Å²) in [6.45, 7) is 1.45. The molecular formula is C20H26N6O3. The minimum Gasteiger partial charge on any atom is -0.349 e. The van der Waals surface area contributed by atoms with Gasteiger partial charge in [0.1, 0.15) is 0 Å². The molecular weight excluding hydrogens is 372 g/mol. The summed E-state index contributed by atoms with van der Waals surface area (Å²) in [5.74, 6) is -0.140. The second-order valence-corrected chi connectivity index (χ2v) is 7.03. The van der Waals surface area contributed by atoms with Crippen LogP contribution in [0, 0.1) is 0 Å². The smallest absolute Gasteiger partial charge is 0.319 e. The lowest BCUT2D eigenvalue weighted by Gasteiger charge is -2.32. The Hall–Kier alpha value is -3.36. The van der Waals surface area contributed by atoms with E-state index in [0.717, 1.165) is 0 Å². The number of aromatic nitrogens is 2. The molecule has 9 heteroatoms. The Labute approximate surface area is 169 Å². The number of piperidine rings is 1. The van der Waals surface area contributed by atoms with E-state index >= 15 is 0 Å². The van der Waals surface area contributed by atoms with Crippen LogP contribution in [0.15, 0.2) is 42.7 Å². The molecule has 2 aromatic rings. The van der Waals surface area contributed by atoms with Crippen LogP contribution in [0.3, 0.4) is 0 Å². The maximum atomic E-state index is 12.3. The highest BCUT2D eigenvalue weighted by Crippen LogP contribution is 2.12. The maximum Gasteiger partial charge on any atom is 0.319 e. The van der Waals surface area contributed by atoms with Crippen LogP contribution in [0.5, 0.6) is 0 Å². The van der Waals surface area contributed by atoms with Gasteiger partial charge >= 0.3 is 6.03 Å². The van der Waals surface area contributed by atoms with Gasteiger partial charge in [-0.15, -0.1) is 0 Å². The molecule has 1 saturated heterocycles. The summed E-state index contributed by atoms with van der Waals surface area (Å²) in [5, 5.41) is 12.4. The molecule has 3 N–H and O–H groups in total. The minimum atomic E-state index is -0.333. The molecule has 1 aliphatic rings. The van der Waals surface area contributed by atoms with E-state index in [-0.39, 0.29) is 36.9 Å². The maximum absolute atomic E-state index is 12.3. The third-order valence-electron chi connectivity index (χ3n) is 4.81. The highest BCUT2D eigenvalue weighted by molar-refractivity contribution is 5.94. The molecule has 1 aromatic carbocycles. The fourth-order valence-electron chi connectivity index (χ4n) is 3.22. The van der Waals surface area contributed by atoms with Crippen molar-refractivity contribution < 1.29 is 14.4 Å². The van der Waals surface area contributed by atoms with Gasteiger partial charge in [-0.05, 0) is 25.0 Å². The predicted molar refractivity (Wildman–Crippen MR) is 108 cm³/mol. The topological polar surface area (TPSA) is 108 Å². The molecule has 0 unspecified atom stereocenters. The zero-order valence-corrected chi connectivity index (χ0v) is 16.4. The number of rotatable bonds is 6. The Kier molecular flexibility index (Phi) is 6.83. The molecule has 2 heterocycles. The zero-order valence-electron chi connectivity index (χ0n) is 16.4. The van der Waals surface area contributed by atoms with Crippen molar-refractivity contribution >= 4 is 23.5 Å². The largest absolute Gasteiger partial charge is 0.349 e. The summed E-state index contributed by atoms with van der Waals surface area (Å²) >= 11 is 0. The number of para-hydroxylation sites is 1. The van der Waals surface area contributed by atoms with Crippen molar-refractivity contribution in [2.24, 2.45) is 7.05 Å². The van der Waals surface area contributed by atoms with Crippen molar-refractivity contribution in [2.75, 3.05) is 25.0 Å². The molecule has 1 aliphatic heterocycles. The van der Waals surface area contributed by atoms with E-state index in [1.165, 1.54) is 6.20 Å². The van der Waals surface area contributed by atoms with Crippen molar-refractivity contribution in [1.29, 1.82) is 0 Å². The second kappa shape index (κ2) is 9.72. The lowest BCUT2D eigenvalue weighted by atomic mass is 10.0. The van der Waals surface area contributed by atoms with Gasteiger partial charge in [-0.2, -0.15) is 5.10 Å². The first kappa shape index (κ1) is 20.4. The number of benzene rings is 1. The lowest BCUT2D eigenvalue weighted by Crippen LogP contribution is -2.47. The number of hydrogen-bond donors (Lipinski definition) is 3. The molecule has 4 amide bonds. The molecule has 154 valence electrons. The summed E-state index contributed by atoms with van der Waals surface area (Å²) in [6.07, 6.45) is 4.87. The quantitative estimate of drug-likeness (QED) is 0.683. The van der Waals surface area contributed by atoms with E-state index in [1.807, 2.05) is 18.2 Å². The summed E-state index contributed by atoms with van der Waals surface area (Å²) in [4.78, 5) is 38.2. The Morgan fingerprint density at radius 2 is 1.86 bits per heavy atom. The van der Waals surface area contributed by atoms with Crippen molar-refractivity contribution in [2.45, 2.75) is 25.3 Å². The summed E-state index contributed by atoms with van der Waals surface area (Å²) in [5.41, 5.74) is 1.23. The van der Waals surface area contributed by atoms with Crippen LogP contribution < -0.4 is 16.0 Å². The van der Waals surface area contributed by atoms with Gasteiger partial charge in [0.2, 0.25) is 5.91 Å². The van der Waals surface area contributed by atoms with Crippen LogP contribution in [0.25, 0.3) is 0 Å². The fraction of sp³-hybridized carbons (Fsp3) is 0.400. The number of likely N-dealkylation sites (tertiary alicyclic amines) is 1. The standard InChI is InChI=1S/C20H26N6O3/c1-25-14-15(13-22-25)19(28)23-17-8-11-26(12-9-17)18(27)7-10-21-20(29)24-16-5-3-2-4-6-16/h2-6,13-14,17H,7-12H2,1H3,(H,23,28)(H2,21,24,29). The zero-order chi connectivity index (χ0) is 20.6. The van der Waals surface area contributed by atoms with E-state index < -0.39 is 0 Å². The average molecular weight is 398 g/mol. The highest BCUT2D eigenvalue weighted by Gasteiger charge is 2.24. The fourth-order valence-corrected chi connectivity index (χ4v) is 3.22. The van der Waals surface area contributed by atoms with E-state index in [9.17, 15) is 14.4 Å². The SMILES string of the molecule is Cn1cc(C(=O)NC2CCN(C(=O)CCNC(=O)Nc3ccccc3)CC2)cn1. The van der Waals surface area contributed by atoms with Gasteiger partial charge in [0.05, 0.1) is 11.8 Å². The number of carbonyl (C=O) groups is 3. The summed E-state index contributed by atoms with van der Waals surface area (Å²) in [7, 11) is 1.76. The Morgan fingerprint density at radius 1 is 1.14 bits per heavy atom. The summed E-state index contributed by atoms with van der Waals surface area (Å²) < 4.78 is 1.59. The Bertz CT molecular complexity index is 843. The normalized spacial score (nSPS) is 14.3. The number of amides is 4. The van der Waals surface area contributed by atoms with Gasteiger partial charge in [0.25, 0.3) is 5.91 Å². The molecule has 1 aromatic heterocycles. The van der Waals surface area contributed by atoms with Crippen LogP contribution in [0.1, 0.15) is 29.6 Å². The first-order valence-corrected chi connectivity index (χ1v) is 9.68. The van der Waals surface area contributed by atoms with Gasteiger partial charge < -0.3 is 20.9 Å². The third kappa shape index (κ3) is 6.06. The first-order valence-electron chi connectivity index (χ1n) is 9.68. The Morgan fingerprint density at radius 3 is 2.52 bits per heavy atom. The highest BCUT2D eigenvalue weighted by atomic mass is 16.2. The van der Waals surface area contributed by atoms with E-state index in [4.69, 9.17) is 0 Å². The van der Waals surface area contributed by atoms with Crippen molar-refractivity contribution in [3.05, 3.63) is 48.3 Å². The number of nitrogens with zero attached hydrogens (tertiary/aromatic N) is 3. The molecule has 0 radical (unpaired) electrons. The molecule has 29 heavy (non-hydrogen) atoms. The molecule has 0 bridgehead atoms. The lowest BCUT2D eigenvalue weighted by molar-refractivity contribution is -0.132.